The molecule has 0 saturated carbocycles. The number of rotatable bonds is 2. The maximum absolute atomic E-state index is 5.59. The third kappa shape index (κ3) is 2.05. The Balaban J connectivity index is 2.36. The lowest BCUT2D eigenvalue weighted by Crippen LogP contribution is -1.75. The summed E-state index contributed by atoms with van der Waals surface area (Å²) in [5.74, 6) is 0. The molecule has 0 aliphatic heterocycles. The highest BCUT2D eigenvalue weighted by Gasteiger charge is 2.02. The van der Waals surface area contributed by atoms with E-state index in [4.69, 9.17) is 10.7 Å². The van der Waals surface area contributed by atoms with Gasteiger partial charge >= 0.3 is 0 Å². The summed E-state index contributed by atoms with van der Waals surface area (Å²) in [6.45, 7) is 0. The van der Waals surface area contributed by atoms with Crippen LogP contribution in [0.4, 0.5) is 0 Å². The van der Waals surface area contributed by atoms with Crippen molar-refractivity contribution in [2.24, 2.45) is 0 Å². The van der Waals surface area contributed by atoms with Gasteiger partial charge in [0.05, 0.1) is 5.69 Å². The maximum atomic E-state index is 5.59. The molecule has 1 aromatic heterocycles. The van der Waals surface area contributed by atoms with Crippen molar-refractivity contribution in [1.29, 1.82) is 0 Å². The van der Waals surface area contributed by atoms with E-state index in [0.717, 1.165) is 26.6 Å². The molecule has 0 fully saturated rings. The smallest absolute Gasteiger partial charge is 0.165 e. The summed E-state index contributed by atoms with van der Waals surface area (Å²) in [6, 6.07) is 10.1. The van der Waals surface area contributed by atoms with Crippen LogP contribution in [0.25, 0.3) is 11.3 Å². The van der Waals surface area contributed by atoms with Crippen LogP contribution < -0.4 is 0 Å². The number of nitrogens with zero attached hydrogens (tertiary/aromatic N) is 1. The van der Waals surface area contributed by atoms with Gasteiger partial charge in [-0.2, -0.15) is 0 Å². The molecule has 2 rings (SSSR count). The standard InChI is InChI=1S/C9H6ClNS2/c10-13-9-11-8(6-12-9)7-4-2-1-3-5-7/h1-6H. The second kappa shape index (κ2) is 4.13. The van der Waals surface area contributed by atoms with Gasteiger partial charge in [0.25, 0.3) is 0 Å². The summed E-state index contributed by atoms with van der Waals surface area (Å²) in [5.41, 5.74) is 2.13. The third-order valence-electron chi connectivity index (χ3n) is 1.62. The van der Waals surface area contributed by atoms with E-state index in [-0.39, 0.29) is 0 Å². The average molecular weight is 228 g/mol. The minimum absolute atomic E-state index is 0.889. The fraction of sp³-hybridized carbons (Fsp3) is 0. The maximum Gasteiger partial charge on any atom is 0.165 e. The van der Waals surface area contributed by atoms with Gasteiger partial charge in [-0.15, -0.1) is 11.3 Å². The minimum Gasteiger partial charge on any atom is -0.228 e. The van der Waals surface area contributed by atoms with Crippen LogP contribution in [-0.4, -0.2) is 4.98 Å². The predicted octanol–water partition coefficient (Wildman–Crippen LogP) is 4.06. The molecular weight excluding hydrogens is 222 g/mol. The summed E-state index contributed by atoms with van der Waals surface area (Å²) in [7, 11) is 6.76. The van der Waals surface area contributed by atoms with Crippen molar-refractivity contribution in [1.82, 2.24) is 4.98 Å². The Morgan fingerprint density at radius 3 is 2.62 bits per heavy atom. The van der Waals surface area contributed by atoms with Crippen LogP contribution in [-0.2, 0) is 0 Å². The van der Waals surface area contributed by atoms with Crippen LogP contribution >= 0.6 is 33.0 Å². The third-order valence-corrected chi connectivity index (χ3v) is 3.73. The summed E-state index contributed by atoms with van der Waals surface area (Å²) in [5, 5.41) is 2.01. The molecule has 0 N–H and O–H groups in total. The number of halogens is 1. The van der Waals surface area contributed by atoms with Gasteiger partial charge in [-0.3, -0.25) is 0 Å². The fourth-order valence-electron chi connectivity index (χ4n) is 1.03. The molecule has 1 nitrogen and oxygen atoms in total. The van der Waals surface area contributed by atoms with Crippen molar-refractivity contribution in [2.45, 2.75) is 4.34 Å². The molecule has 4 heteroatoms. The van der Waals surface area contributed by atoms with Crippen molar-refractivity contribution >= 4 is 33.0 Å². The molecular formula is C9H6ClNS2. The first kappa shape index (κ1) is 9.06. The SMILES string of the molecule is ClSc1nc(-c2ccccc2)cs1. The van der Waals surface area contributed by atoms with Crippen LogP contribution in [0, 0.1) is 0 Å². The second-order valence-electron chi connectivity index (χ2n) is 2.44. The first-order valence-corrected chi connectivity index (χ1v) is 6.22. The topological polar surface area (TPSA) is 12.9 Å². The van der Waals surface area contributed by atoms with Crippen LogP contribution in [0.15, 0.2) is 40.1 Å². The van der Waals surface area contributed by atoms with Crippen molar-refractivity contribution in [3.8, 4) is 11.3 Å². The van der Waals surface area contributed by atoms with Gasteiger partial charge in [0, 0.05) is 21.9 Å². The summed E-state index contributed by atoms with van der Waals surface area (Å²) >= 11 is 1.56. The Kier molecular flexibility index (Phi) is 2.88. The normalized spacial score (nSPS) is 10.2. The molecule has 0 atom stereocenters. The lowest BCUT2D eigenvalue weighted by molar-refractivity contribution is 1.26. The minimum atomic E-state index is 0.889. The largest absolute Gasteiger partial charge is 0.228 e. The fourth-order valence-corrected chi connectivity index (χ4v) is 2.44. The molecule has 13 heavy (non-hydrogen) atoms. The highest BCUT2D eigenvalue weighted by molar-refractivity contribution is 8.22. The number of aromatic nitrogens is 1. The van der Waals surface area contributed by atoms with Crippen LogP contribution in [0.2, 0.25) is 0 Å². The van der Waals surface area contributed by atoms with E-state index in [0.29, 0.717) is 0 Å². The Hall–Kier alpha value is -0.510. The Bertz CT molecular complexity index is 386. The first-order valence-electron chi connectivity index (χ1n) is 3.69. The van der Waals surface area contributed by atoms with Crippen molar-refractivity contribution < 1.29 is 0 Å². The number of benzene rings is 1. The van der Waals surface area contributed by atoms with Gasteiger partial charge in [0.2, 0.25) is 0 Å². The quantitative estimate of drug-likeness (QED) is 0.768. The van der Waals surface area contributed by atoms with Crippen LogP contribution in [0.3, 0.4) is 0 Å². The molecule has 0 amide bonds. The Morgan fingerprint density at radius 2 is 2.00 bits per heavy atom. The zero-order valence-electron chi connectivity index (χ0n) is 6.61. The van der Waals surface area contributed by atoms with Gasteiger partial charge in [-0.1, -0.05) is 30.3 Å². The Labute approximate surface area is 89.3 Å². The molecule has 1 heterocycles. The molecule has 0 spiro atoms. The highest BCUT2D eigenvalue weighted by atomic mass is 35.7. The number of thiazole rings is 1. The van der Waals surface area contributed by atoms with Crippen molar-refractivity contribution in [3.63, 3.8) is 0 Å². The van der Waals surface area contributed by atoms with Crippen molar-refractivity contribution in [3.05, 3.63) is 35.7 Å². The molecule has 0 saturated heterocycles. The molecule has 0 unspecified atom stereocenters. The number of hydrogen-bond acceptors (Lipinski definition) is 3. The van der Waals surface area contributed by atoms with Gasteiger partial charge in [-0.25, -0.2) is 4.98 Å². The Morgan fingerprint density at radius 1 is 1.23 bits per heavy atom. The first-order chi connectivity index (χ1) is 6.40. The molecule has 0 aliphatic rings. The summed E-state index contributed by atoms with van der Waals surface area (Å²) in [6.07, 6.45) is 0. The predicted molar refractivity (Wildman–Crippen MR) is 59.3 cm³/mol. The van der Waals surface area contributed by atoms with Gasteiger partial charge in [-0.05, 0) is 10.7 Å². The van der Waals surface area contributed by atoms with E-state index in [9.17, 15) is 0 Å². The van der Waals surface area contributed by atoms with Gasteiger partial charge < -0.3 is 0 Å². The summed E-state index contributed by atoms with van der Waals surface area (Å²) in [4.78, 5) is 4.35. The molecule has 66 valence electrons. The van der Waals surface area contributed by atoms with E-state index >= 15 is 0 Å². The monoisotopic (exact) mass is 227 g/mol. The van der Waals surface area contributed by atoms with E-state index in [2.05, 4.69) is 4.98 Å². The lowest BCUT2D eigenvalue weighted by Gasteiger charge is -1.92. The average Bonchev–Trinajstić information content (AvgIpc) is 2.67. The van der Waals surface area contributed by atoms with E-state index in [1.54, 1.807) is 11.3 Å². The van der Waals surface area contributed by atoms with Gasteiger partial charge in [0.15, 0.2) is 4.34 Å². The van der Waals surface area contributed by atoms with Gasteiger partial charge in [0.1, 0.15) is 0 Å². The zero-order chi connectivity index (χ0) is 9.10. The molecule has 1 aromatic carbocycles. The van der Waals surface area contributed by atoms with E-state index in [1.807, 2.05) is 35.7 Å². The lowest BCUT2D eigenvalue weighted by atomic mass is 10.2. The molecule has 2 aromatic rings. The van der Waals surface area contributed by atoms with E-state index < -0.39 is 0 Å². The molecule has 0 aliphatic carbocycles. The van der Waals surface area contributed by atoms with Crippen LogP contribution in [0.1, 0.15) is 0 Å². The molecule has 0 radical (unpaired) electrons. The molecule has 0 bridgehead atoms. The number of hydrogen-bond donors (Lipinski definition) is 0. The van der Waals surface area contributed by atoms with Crippen molar-refractivity contribution in [2.75, 3.05) is 0 Å². The van der Waals surface area contributed by atoms with E-state index in [1.165, 1.54) is 0 Å². The second-order valence-corrected chi connectivity index (χ2v) is 4.56. The highest BCUT2D eigenvalue weighted by Crippen LogP contribution is 2.29. The van der Waals surface area contributed by atoms with Crippen LogP contribution in [0.5, 0.6) is 0 Å². The zero-order valence-corrected chi connectivity index (χ0v) is 8.99. The summed E-state index contributed by atoms with van der Waals surface area (Å²) < 4.78 is 0.889.